The van der Waals surface area contributed by atoms with E-state index in [2.05, 4.69) is 41.5 Å². The first-order valence-electron chi connectivity index (χ1n) is 8.10. The Morgan fingerprint density at radius 3 is 2.70 bits per heavy atom. The molecule has 1 fully saturated rings. The molecule has 1 aromatic heterocycles. The Bertz CT molecular complexity index is 640. The minimum absolute atomic E-state index is 0.0550. The van der Waals surface area contributed by atoms with Crippen LogP contribution in [0, 0.1) is 12.8 Å². The smallest absolute Gasteiger partial charge is 0.251 e. The lowest BCUT2D eigenvalue weighted by Crippen LogP contribution is -2.35. The first-order chi connectivity index (χ1) is 11.2. The summed E-state index contributed by atoms with van der Waals surface area (Å²) in [4.78, 5) is 16.1. The number of hydrogen-bond acceptors (Lipinski definition) is 3. The molecule has 1 amide bonds. The van der Waals surface area contributed by atoms with Crippen molar-refractivity contribution in [2.75, 3.05) is 13.2 Å². The molecule has 1 aromatic carbocycles. The van der Waals surface area contributed by atoms with Gasteiger partial charge >= 0.3 is 0 Å². The van der Waals surface area contributed by atoms with Crippen molar-refractivity contribution in [2.24, 2.45) is 5.92 Å². The number of amides is 1. The van der Waals surface area contributed by atoms with Crippen LogP contribution in [0.2, 0.25) is 0 Å². The largest absolute Gasteiger partial charge is 0.373 e. The van der Waals surface area contributed by atoms with E-state index < -0.39 is 0 Å². The normalized spacial score (nSPS) is 20.9. The van der Waals surface area contributed by atoms with E-state index in [-0.39, 0.29) is 12.0 Å². The van der Waals surface area contributed by atoms with E-state index in [0.717, 1.165) is 19.4 Å². The van der Waals surface area contributed by atoms with Crippen LogP contribution in [0.3, 0.4) is 0 Å². The summed E-state index contributed by atoms with van der Waals surface area (Å²) in [5.74, 6) is 0.248. The molecule has 0 bridgehead atoms. The van der Waals surface area contributed by atoms with Gasteiger partial charge in [-0.2, -0.15) is 0 Å². The number of hydrogen-bond donors (Lipinski definition) is 1. The van der Waals surface area contributed by atoms with Gasteiger partial charge in [-0.1, -0.05) is 29.8 Å². The number of nitrogens with zero attached hydrogens (tertiary/aromatic N) is 1. The van der Waals surface area contributed by atoms with Crippen LogP contribution in [0.4, 0.5) is 0 Å². The summed E-state index contributed by atoms with van der Waals surface area (Å²) in [7, 11) is 0. The summed E-state index contributed by atoms with van der Waals surface area (Å²) in [6, 6.07) is 11.9. The molecule has 1 aliphatic heterocycles. The summed E-state index contributed by atoms with van der Waals surface area (Å²) in [6.07, 6.45) is 5.43. The number of pyridine rings is 1. The van der Waals surface area contributed by atoms with Gasteiger partial charge in [-0.05, 0) is 37.5 Å². The van der Waals surface area contributed by atoms with Crippen LogP contribution >= 0.6 is 0 Å². The highest BCUT2D eigenvalue weighted by atomic mass is 16.5. The number of benzene rings is 1. The van der Waals surface area contributed by atoms with Gasteiger partial charge in [-0.15, -0.1) is 0 Å². The molecule has 120 valence electrons. The summed E-state index contributed by atoms with van der Waals surface area (Å²) in [5.41, 5.74) is 3.08. The van der Waals surface area contributed by atoms with Crippen molar-refractivity contribution >= 4 is 5.91 Å². The van der Waals surface area contributed by atoms with Crippen molar-refractivity contribution in [2.45, 2.75) is 25.9 Å². The summed E-state index contributed by atoms with van der Waals surface area (Å²) >= 11 is 0. The van der Waals surface area contributed by atoms with Gasteiger partial charge in [0.25, 0.3) is 5.91 Å². The van der Waals surface area contributed by atoms with Crippen LogP contribution < -0.4 is 5.32 Å². The molecule has 1 N–H and O–H groups in total. The maximum atomic E-state index is 12.2. The molecule has 0 aliphatic carbocycles. The lowest BCUT2D eigenvalue weighted by atomic mass is 9.89. The molecular formula is C19H22N2O2. The molecule has 3 rings (SSSR count). The van der Waals surface area contributed by atoms with Crippen molar-refractivity contribution in [3.05, 3.63) is 65.5 Å². The summed E-state index contributed by atoms with van der Waals surface area (Å²) in [5, 5.41) is 3.03. The Kier molecular flexibility index (Phi) is 5.03. The number of ether oxygens (including phenoxy) is 1. The van der Waals surface area contributed by atoms with Gasteiger partial charge in [-0.3, -0.25) is 9.78 Å². The molecule has 2 aromatic rings. The number of aromatic nitrogens is 1. The minimum atomic E-state index is -0.0550. The maximum Gasteiger partial charge on any atom is 0.251 e. The Labute approximate surface area is 136 Å². The van der Waals surface area contributed by atoms with Crippen LogP contribution in [0.15, 0.2) is 48.8 Å². The standard InChI is InChI=1S/C19H22N2O2/c1-14-4-6-15(7-5-14)18-17(3-2-12-23-18)13-21-19(22)16-8-10-20-11-9-16/h4-11,17-18H,2-3,12-13H2,1H3,(H,21,22). The molecule has 23 heavy (non-hydrogen) atoms. The Morgan fingerprint density at radius 2 is 1.96 bits per heavy atom. The fraction of sp³-hybridized carbons (Fsp3) is 0.368. The molecule has 0 saturated carbocycles. The van der Waals surface area contributed by atoms with Crippen molar-refractivity contribution < 1.29 is 9.53 Å². The zero-order valence-corrected chi connectivity index (χ0v) is 13.4. The lowest BCUT2D eigenvalue weighted by molar-refractivity contribution is -0.0272. The highest BCUT2D eigenvalue weighted by molar-refractivity contribution is 5.93. The van der Waals surface area contributed by atoms with Gasteiger partial charge in [-0.25, -0.2) is 0 Å². The van der Waals surface area contributed by atoms with Gasteiger partial charge in [0.15, 0.2) is 0 Å². The average Bonchev–Trinajstić information content (AvgIpc) is 2.61. The third-order valence-electron chi connectivity index (χ3n) is 4.32. The number of carbonyl (C=O) groups is 1. The third kappa shape index (κ3) is 3.96. The highest BCUT2D eigenvalue weighted by Crippen LogP contribution is 2.33. The topological polar surface area (TPSA) is 51.2 Å². The Hall–Kier alpha value is -2.20. The van der Waals surface area contributed by atoms with Crippen molar-refractivity contribution in [1.82, 2.24) is 10.3 Å². The molecule has 4 nitrogen and oxygen atoms in total. The van der Waals surface area contributed by atoms with Crippen molar-refractivity contribution in [3.8, 4) is 0 Å². The van der Waals surface area contributed by atoms with Crippen molar-refractivity contribution in [1.29, 1.82) is 0 Å². The van der Waals surface area contributed by atoms with E-state index in [1.165, 1.54) is 11.1 Å². The zero-order valence-electron chi connectivity index (χ0n) is 13.4. The SMILES string of the molecule is Cc1ccc(C2OCCCC2CNC(=O)c2ccncc2)cc1. The predicted octanol–water partition coefficient (Wildman–Crippen LogP) is 3.29. The zero-order chi connectivity index (χ0) is 16.1. The number of carbonyl (C=O) groups excluding carboxylic acids is 1. The molecule has 1 aliphatic rings. The van der Waals surface area contributed by atoms with Gasteiger partial charge in [0.05, 0.1) is 6.10 Å². The first kappa shape index (κ1) is 15.7. The second-order valence-corrected chi connectivity index (χ2v) is 6.05. The molecule has 0 spiro atoms. The molecule has 2 unspecified atom stereocenters. The average molecular weight is 310 g/mol. The molecular weight excluding hydrogens is 288 g/mol. The fourth-order valence-corrected chi connectivity index (χ4v) is 3.01. The fourth-order valence-electron chi connectivity index (χ4n) is 3.01. The van der Waals surface area contributed by atoms with Crippen LogP contribution in [0.5, 0.6) is 0 Å². The lowest BCUT2D eigenvalue weighted by Gasteiger charge is -2.32. The first-order valence-corrected chi connectivity index (χ1v) is 8.10. The molecule has 4 heteroatoms. The molecule has 0 radical (unpaired) electrons. The van der Waals surface area contributed by atoms with Crippen molar-refractivity contribution in [3.63, 3.8) is 0 Å². The number of rotatable bonds is 4. The van der Waals surface area contributed by atoms with Gasteiger partial charge in [0.1, 0.15) is 0 Å². The Balaban J connectivity index is 1.65. The van der Waals surface area contributed by atoms with Gasteiger partial charge < -0.3 is 10.1 Å². The highest BCUT2D eigenvalue weighted by Gasteiger charge is 2.27. The van der Waals surface area contributed by atoms with Crippen LogP contribution in [0.25, 0.3) is 0 Å². The number of aryl methyl sites for hydroxylation is 1. The van der Waals surface area contributed by atoms with E-state index in [1.807, 2.05) is 0 Å². The van der Waals surface area contributed by atoms with Gasteiger partial charge in [0, 0.05) is 37.0 Å². The summed E-state index contributed by atoms with van der Waals surface area (Å²) in [6.45, 7) is 3.49. The minimum Gasteiger partial charge on any atom is -0.373 e. The third-order valence-corrected chi connectivity index (χ3v) is 4.32. The Morgan fingerprint density at radius 1 is 1.22 bits per heavy atom. The van der Waals surface area contributed by atoms with Crippen LogP contribution in [-0.4, -0.2) is 24.0 Å². The molecule has 1 saturated heterocycles. The molecule has 2 atom stereocenters. The van der Waals surface area contributed by atoms with E-state index in [9.17, 15) is 4.79 Å². The quantitative estimate of drug-likeness (QED) is 0.943. The molecule has 2 heterocycles. The second kappa shape index (κ2) is 7.38. The van der Waals surface area contributed by atoms with E-state index in [1.54, 1.807) is 24.5 Å². The van der Waals surface area contributed by atoms with E-state index >= 15 is 0 Å². The summed E-state index contributed by atoms with van der Waals surface area (Å²) < 4.78 is 5.99. The maximum absolute atomic E-state index is 12.2. The van der Waals surface area contributed by atoms with Crippen LogP contribution in [0.1, 0.15) is 40.4 Å². The van der Waals surface area contributed by atoms with Crippen LogP contribution in [-0.2, 0) is 4.74 Å². The monoisotopic (exact) mass is 310 g/mol. The number of nitrogens with one attached hydrogen (secondary N) is 1. The predicted molar refractivity (Wildman–Crippen MR) is 89.2 cm³/mol. The second-order valence-electron chi connectivity index (χ2n) is 6.05. The van der Waals surface area contributed by atoms with Gasteiger partial charge in [0.2, 0.25) is 0 Å². The van der Waals surface area contributed by atoms with E-state index in [0.29, 0.717) is 18.0 Å². The van der Waals surface area contributed by atoms with E-state index in [4.69, 9.17) is 4.74 Å².